The average molecular weight is 279 g/mol. The highest BCUT2D eigenvalue weighted by atomic mass is 32.1. The Balaban J connectivity index is 2.26. The molecule has 0 aliphatic heterocycles. The van der Waals surface area contributed by atoms with E-state index in [2.05, 4.69) is 10.3 Å². The summed E-state index contributed by atoms with van der Waals surface area (Å²) in [6.07, 6.45) is -0.640. The van der Waals surface area contributed by atoms with Gasteiger partial charge in [0.2, 0.25) is 0 Å². The number of anilines is 1. The van der Waals surface area contributed by atoms with E-state index in [1.807, 2.05) is 0 Å². The molecular formula is C13H17N3O2S. The van der Waals surface area contributed by atoms with E-state index in [0.717, 1.165) is 10.2 Å². The Bertz CT molecular complexity index is 619. The molecule has 1 amide bonds. The summed E-state index contributed by atoms with van der Waals surface area (Å²) in [6, 6.07) is 5.23. The number of hydrogen-bond acceptors (Lipinski definition) is 5. The first-order chi connectivity index (χ1) is 8.79. The zero-order chi connectivity index (χ0) is 14.2. The molecule has 4 N–H and O–H groups in total. The van der Waals surface area contributed by atoms with Crippen LogP contribution in [-0.4, -0.2) is 27.6 Å². The molecule has 0 aliphatic rings. The third-order valence-corrected chi connectivity index (χ3v) is 3.99. The summed E-state index contributed by atoms with van der Waals surface area (Å²) in [4.78, 5) is 16.3. The lowest BCUT2D eigenvalue weighted by Gasteiger charge is -2.29. The van der Waals surface area contributed by atoms with E-state index >= 15 is 0 Å². The van der Waals surface area contributed by atoms with E-state index < -0.39 is 11.6 Å². The molecule has 0 spiro atoms. The second-order valence-electron chi connectivity index (χ2n) is 5.09. The molecule has 0 fully saturated rings. The minimum Gasteiger partial charge on any atom is -0.391 e. The van der Waals surface area contributed by atoms with Crippen molar-refractivity contribution in [2.75, 3.05) is 5.73 Å². The van der Waals surface area contributed by atoms with Gasteiger partial charge in [-0.1, -0.05) is 11.3 Å². The number of nitrogens with zero attached hydrogens (tertiary/aromatic N) is 1. The van der Waals surface area contributed by atoms with Crippen molar-refractivity contribution in [3.05, 3.63) is 23.8 Å². The van der Waals surface area contributed by atoms with Gasteiger partial charge in [0.05, 0.1) is 21.9 Å². The summed E-state index contributed by atoms with van der Waals surface area (Å²) < 4.78 is 0.875. The lowest BCUT2D eigenvalue weighted by molar-refractivity contribution is 0.0709. The lowest BCUT2D eigenvalue weighted by Crippen LogP contribution is -2.50. The van der Waals surface area contributed by atoms with Crippen molar-refractivity contribution in [2.24, 2.45) is 0 Å². The van der Waals surface area contributed by atoms with E-state index in [1.54, 1.807) is 39.0 Å². The number of aliphatic hydroxyl groups is 1. The van der Waals surface area contributed by atoms with Crippen LogP contribution in [-0.2, 0) is 0 Å². The molecule has 1 aromatic carbocycles. The number of nitrogens with two attached hydrogens (primary N) is 1. The van der Waals surface area contributed by atoms with E-state index in [4.69, 9.17) is 5.73 Å². The molecule has 2 rings (SSSR count). The SMILES string of the molecule is CC(O)C(C)(C)NC(=O)c1ccc2nc(N)sc2c1. The Morgan fingerprint density at radius 1 is 1.53 bits per heavy atom. The van der Waals surface area contributed by atoms with Crippen molar-refractivity contribution in [1.29, 1.82) is 0 Å². The first-order valence-corrected chi connectivity index (χ1v) is 6.78. The van der Waals surface area contributed by atoms with Gasteiger partial charge in [-0.05, 0) is 39.0 Å². The largest absolute Gasteiger partial charge is 0.391 e. The number of aliphatic hydroxyl groups excluding tert-OH is 1. The molecule has 0 saturated carbocycles. The highest BCUT2D eigenvalue weighted by molar-refractivity contribution is 7.22. The number of hydrogen-bond donors (Lipinski definition) is 3. The first-order valence-electron chi connectivity index (χ1n) is 5.96. The van der Waals surface area contributed by atoms with Crippen LogP contribution in [0.5, 0.6) is 0 Å². The second kappa shape index (κ2) is 4.79. The summed E-state index contributed by atoms with van der Waals surface area (Å²) in [6.45, 7) is 5.20. The minimum absolute atomic E-state index is 0.222. The van der Waals surface area contributed by atoms with Gasteiger partial charge in [-0.3, -0.25) is 4.79 Å². The summed E-state index contributed by atoms with van der Waals surface area (Å²) in [7, 11) is 0. The quantitative estimate of drug-likeness (QED) is 0.799. The Kier molecular flexibility index (Phi) is 3.47. The van der Waals surface area contributed by atoms with Gasteiger partial charge in [0.25, 0.3) is 5.91 Å². The molecule has 102 valence electrons. The van der Waals surface area contributed by atoms with E-state index in [0.29, 0.717) is 10.7 Å². The number of nitrogen functional groups attached to an aromatic ring is 1. The fraction of sp³-hybridized carbons (Fsp3) is 0.385. The highest BCUT2D eigenvalue weighted by Gasteiger charge is 2.26. The van der Waals surface area contributed by atoms with Crippen LogP contribution in [0.2, 0.25) is 0 Å². The smallest absolute Gasteiger partial charge is 0.251 e. The van der Waals surface area contributed by atoms with Crippen LogP contribution in [0.1, 0.15) is 31.1 Å². The molecule has 1 heterocycles. The highest BCUT2D eigenvalue weighted by Crippen LogP contribution is 2.24. The first kappa shape index (κ1) is 13.8. The molecule has 0 bridgehead atoms. The molecule has 0 aliphatic carbocycles. The number of carbonyl (C=O) groups is 1. The summed E-state index contributed by atoms with van der Waals surface area (Å²) >= 11 is 1.35. The van der Waals surface area contributed by atoms with Crippen molar-refractivity contribution < 1.29 is 9.90 Å². The number of amides is 1. The zero-order valence-corrected chi connectivity index (χ0v) is 11.9. The van der Waals surface area contributed by atoms with Crippen molar-refractivity contribution in [3.63, 3.8) is 0 Å². The maximum atomic E-state index is 12.1. The summed E-state index contributed by atoms with van der Waals surface area (Å²) in [5, 5.41) is 12.9. The number of thiazole rings is 1. The maximum Gasteiger partial charge on any atom is 0.251 e. The maximum absolute atomic E-state index is 12.1. The molecule has 0 radical (unpaired) electrons. The molecule has 19 heavy (non-hydrogen) atoms. The van der Waals surface area contributed by atoms with E-state index in [1.165, 1.54) is 11.3 Å². The number of carbonyl (C=O) groups excluding carboxylic acids is 1. The van der Waals surface area contributed by atoms with Gasteiger partial charge >= 0.3 is 0 Å². The fourth-order valence-corrected chi connectivity index (χ4v) is 2.33. The standard InChI is InChI=1S/C13H17N3O2S/c1-7(17)13(2,3)16-11(18)8-4-5-9-10(6-8)19-12(14)15-9/h4-7,17H,1-3H3,(H2,14,15)(H,16,18). The normalized spacial score (nSPS) is 13.5. The Labute approximate surface area is 115 Å². The van der Waals surface area contributed by atoms with Crippen LogP contribution in [0.25, 0.3) is 10.2 Å². The van der Waals surface area contributed by atoms with Gasteiger partial charge in [-0.2, -0.15) is 0 Å². The number of nitrogens with one attached hydrogen (secondary N) is 1. The predicted octanol–water partition coefficient (Wildman–Crippen LogP) is 1.77. The molecule has 1 unspecified atom stereocenters. The molecule has 5 nitrogen and oxygen atoms in total. The van der Waals surface area contributed by atoms with Crippen molar-refractivity contribution in [2.45, 2.75) is 32.4 Å². The molecule has 2 aromatic rings. The third-order valence-electron chi connectivity index (χ3n) is 3.15. The zero-order valence-electron chi connectivity index (χ0n) is 11.1. The van der Waals surface area contributed by atoms with Crippen LogP contribution >= 0.6 is 11.3 Å². The van der Waals surface area contributed by atoms with Crippen molar-refractivity contribution in [3.8, 4) is 0 Å². The fourth-order valence-electron chi connectivity index (χ4n) is 1.55. The van der Waals surface area contributed by atoms with Gasteiger partial charge in [-0.15, -0.1) is 0 Å². The van der Waals surface area contributed by atoms with E-state index in [9.17, 15) is 9.90 Å². The molecule has 0 saturated heterocycles. The van der Waals surface area contributed by atoms with Crippen LogP contribution in [0, 0.1) is 0 Å². The Morgan fingerprint density at radius 2 is 2.21 bits per heavy atom. The molecule has 6 heteroatoms. The molecular weight excluding hydrogens is 262 g/mol. The van der Waals surface area contributed by atoms with Crippen LogP contribution in [0.4, 0.5) is 5.13 Å². The van der Waals surface area contributed by atoms with Gasteiger partial charge in [0, 0.05) is 5.56 Å². The monoisotopic (exact) mass is 279 g/mol. The molecule has 1 atom stereocenters. The lowest BCUT2D eigenvalue weighted by atomic mass is 9.98. The van der Waals surface area contributed by atoms with Crippen molar-refractivity contribution >= 4 is 32.6 Å². The van der Waals surface area contributed by atoms with E-state index in [-0.39, 0.29) is 5.91 Å². The average Bonchev–Trinajstić information content (AvgIpc) is 2.66. The summed E-state index contributed by atoms with van der Waals surface area (Å²) in [5.74, 6) is -0.222. The molecule has 1 aromatic heterocycles. The predicted molar refractivity (Wildman–Crippen MR) is 77.3 cm³/mol. The Hall–Kier alpha value is -1.66. The van der Waals surface area contributed by atoms with Crippen LogP contribution < -0.4 is 11.1 Å². The third kappa shape index (κ3) is 2.85. The van der Waals surface area contributed by atoms with Gasteiger partial charge in [0.1, 0.15) is 0 Å². The number of fused-ring (bicyclic) bond motifs is 1. The minimum atomic E-state index is -0.682. The topological polar surface area (TPSA) is 88.2 Å². The number of benzene rings is 1. The summed E-state index contributed by atoms with van der Waals surface area (Å²) in [5.41, 5.74) is 6.27. The second-order valence-corrected chi connectivity index (χ2v) is 6.15. The van der Waals surface area contributed by atoms with Gasteiger partial charge in [0.15, 0.2) is 5.13 Å². The van der Waals surface area contributed by atoms with Gasteiger partial charge in [-0.25, -0.2) is 4.98 Å². The van der Waals surface area contributed by atoms with Gasteiger partial charge < -0.3 is 16.2 Å². The number of aromatic nitrogens is 1. The van der Waals surface area contributed by atoms with Crippen LogP contribution in [0.15, 0.2) is 18.2 Å². The number of rotatable bonds is 3. The Morgan fingerprint density at radius 3 is 2.84 bits per heavy atom. The van der Waals surface area contributed by atoms with Crippen molar-refractivity contribution in [1.82, 2.24) is 10.3 Å². The van der Waals surface area contributed by atoms with Crippen LogP contribution in [0.3, 0.4) is 0 Å².